The fourth-order valence-corrected chi connectivity index (χ4v) is 1.53. The first-order valence-corrected chi connectivity index (χ1v) is 5.33. The van der Waals surface area contributed by atoms with Crippen LogP contribution >= 0.6 is 15.9 Å². The van der Waals surface area contributed by atoms with E-state index in [1.807, 2.05) is 6.07 Å². The Hall–Kier alpha value is -1.41. The van der Waals surface area contributed by atoms with Crippen molar-refractivity contribution in [1.82, 2.24) is 5.32 Å². The second kappa shape index (κ2) is 4.62. The van der Waals surface area contributed by atoms with E-state index in [9.17, 15) is 9.18 Å². The predicted octanol–water partition coefficient (Wildman–Crippen LogP) is 2.62. The molecule has 0 bridgehead atoms. The first-order chi connectivity index (χ1) is 7.34. The average molecular weight is 285 g/mol. The molecule has 1 N–H and O–H groups in total. The second-order valence-electron chi connectivity index (χ2n) is 3.85. The van der Waals surface area contributed by atoms with Gasteiger partial charge in [-0.2, -0.15) is 5.26 Å². The minimum atomic E-state index is -0.976. The SMILES string of the molecule is CC(C)(C#N)NC(=O)c1cc(F)cc(Br)c1. The maximum absolute atomic E-state index is 13.0. The number of nitrogens with one attached hydrogen (secondary N) is 1. The molecule has 0 saturated carbocycles. The molecule has 3 nitrogen and oxygen atoms in total. The molecule has 0 fully saturated rings. The van der Waals surface area contributed by atoms with Crippen molar-refractivity contribution in [3.05, 3.63) is 34.1 Å². The van der Waals surface area contributed by atoms with Gasteiger partial charge in [0.05, 0.1) is 6.07 Å². The van der Waals surface area contributed by atoms with Crippen LogP contribution in [-0.2, 0) is 0 Å². The van der Waals surface area contributed by atoms with Gasteiger partial charge in [0, 0.05) is 10.0 Å². The Bertz CT molecular complexity index is 445. The van der Waals surface area contributed by atoms with Gasteiger partial charge in [-0.3, -0.25) is 4.79 Å². The van der Waals surface area contributed by atoms with Crippen LogP contribution in [0.2, 0.25) is 0 Å². The molecule has 16 heavy (non-hydrogen) atoms. The van der Waals surface area contributed by atoms with E-state index in [-0.39, 0.29) is 5.56 Å². The number of hydrogen-bond donors (Lipinski definition) is 1. The molecule has 1 aromatic rings. The van der Waals surface area contributed by atoms with E-state index in [4.69, 9.17) is 5.26 Å². The smallest absolute Gasteiger partial charge is 0.252 e. The third-order valence-electron chi connectivity index (χ3n) is 1.83. The Morgan fingerprint density at radius 3 is 2.62 bits per heavy atom. The zero-order valence-corrected chi connectivity index (χ0v) is 10.4. The summed E-state index contributed by atoms with van der Waals surface area (Å²) in [7, 11) is 0. The lowest BCUT2D eigenvalue weighted by Gasteiger charge is -2.17. The molecule has 84 valence electrons. The molecule has 0 saturated heterocycles. The van der Waals surface area contributed by atoms with E-state index in [0.717, 1.165) is 6.07 Å². The molecular weight excluding hydrogens is 275 g/mol. The number of rotatable bonds is 2. The van der Waals surface area contributed by atoms with Crippen LogP contribution < -0.4 is 5.32 Å². The normalized spacial score (nSPS) is 10.7. The number of nitriles is 1. The van der Waals surface area contributed by atoms with Crippen LogP contribution in [0.3, 0.4) is 0 Å². The Labute approximate surface area is 101 Å². The predicted molar refractivity (Wildman–Crippen MR) is 61.3 cm³/mol. The summed E-state index contributed by atoms with van der Waals surface area (Å²) in [5.74, 6) is -0.985. The number of carbonyl (C=O) groups excluding carboxylic acids is 1. The number of amides is 1. The number of hydrogen-bond acceptors (Lipinski definition) is 2. The van der Waals surface area contributed by atoms with Gasteiger partial charge >= 0.3 is 0 Å². The van der Waals surface area contributed by atoms with Crippen molar-refractivity contribution in [3.63, 3.8) is 0 Å². The summed E-state index contributed by atoms with van der Waals surface area (Å²) in [5.41, 5.74) is -0.800. The van der Waals surface area contributed by atoms with Gasteiger partial charge < -0.3 is 5.32 Å². The summed E-state index contributed by atoms with van der Waals surface area (Å²) >= 11 is 3.09. The number of halogens is 2. The lowest BCUT2D eigenvalue weighted by atomic mass is 10.1. The average Bonchev–Trinajstić information content (AvgIpc) is 2.15. The number of benzene rings is 1. The van der Waals surface area contributed by atoms with Gasteiger partial charge in [0.2, 0.25) is 0 Å². The Morgan fingerprint density at radius 1 is 1.50 bits per heavy atom. The molecule has 0 aliphatic heterocycles. The van der Waals surface area contributed by atoms with Crippen LogP contribution in [0.25, 0.3) is 0 Å². The highest BCUT2D eigenvalue weighted by Crippen LogP contribution is 2.15. The van der Waals surface area contributed by atoms with Gasteiger partial charge in [-0.1, -0.05) is 15.9 Å². The van der Waals surface area contributed by atoms with E-state index in [1.54, 1.807) is 13.8 Å². The molecule has 1 aromatic carbocycles. The van der Waals surface area contributed by atoms with Crippen LogP contribution in [0, 0.1) is 17.1 Å². The third kappa shape index (κ3) is 3.31. The fourth-order valence-electron chi connectivity index (χ4n) is 1.07. The Kier molecular flexibility index (Phi) is 3.66. The molecule has 5 heteroatoms. The second-order valence-corrected chi connectivity index (χ2v) is 4.76. The molecule has 0 aliphatic rings. The van der Waals surface area contributed by atoms with Crippen molar-refractivity contribution in [2.24, 2.45) is 0 Å². The zero-order chi connectivity index (χ0) is 12.3. The minimum Gasteiger partial charge on any atom is -0.334 e. The van der Waals surface area contributed by atoms with E-state index >= 15 is 0 Å². The van der Waals surface area contributed by atoms with Gasteiger partial charge in [0.1, 0.15) is 11.4 Å². The van der Waals surface area contributed by atoms with Crippen molar-refractivity contribution in [2.45, 2.75) is 19.4 Å². The van der Waals surface area contributed by atoms with Gasteiger partial charge in [-0.15, -0.1) is 0 Å². The Morgan fingerprint density at radius 2 is 2.12 bits per heavy atom. The van der Waals surface area contributed by atoms with Crippen LogP contribution in [0.5, 0.6) is 0 Å². The van der Waals surface area contributed by atoms with E-state index in [1.165, 1.54) is 12.1 Å². The van der Waals surface area contributed by atoms with E-state index in [0.29, 0.717) is 4.47 Å². The van der Waals surface area contributed by atoms with Crippen molar-refractivity contribution in [1.29, 1.82) is 5.26 Å². The molecule has 1 amide bonds. The molecule has 0 atom stereocenters. The first-order valence-electron chi connectivity index (χ1n) is 4.54. The topological polar surface area (TPSA) is 52.9 Å². The monoisotopic (exact) mass is 284 g/mol. The van der Waals surface area contributed by atoms with Gasteiger partial charge in [-0.25, -0.2) is 4.39 Å². The molecule has 0 aromatic heterocycles. The summed E-state index contributed by atoms with van der Waals surface area (Å²) in [6.07, 6.45) is 0. The van der Waals surface area contributed by atoms with Crippen molar-refractivity contribution < 1.29 is 9.18 Å². The van der Waals surface area contributed by atoms with E-state index < -0.39 is 17.3 Å². The molecule has 1 rings (SSSR count). The molecule has 0 aliphatic carbocycles. The maximum Gasteiger partial charge on any atom is 0.252 e. The lowest BCUT2D eigenvalue weighted by Crippen LogP contribution is -2.42. The van der Waals surface area contributed by atoms with Gasteiger partial charge in [0.15, 0.2) is 0 Å². The number of carbonyl (C=O) groups is 1. The number of nitrogens with zero attached hydrogens (tertiary/aromatic N) is 1. The summed E-state index contributed by atoms with van der Waals surface area (Å²) in [5, 5.41) is 11.2. The van der Waals surface area contributed by atoms with E-state index in [2.05, 4.69) is 21.2 Å². The van der Waals surface area contributed by atoms with Crippen molar-refractivity contribution in [3.8, 4) is 6.07 Å². The van der Waals surface area contributed by atoms with Gasteiger partial charge in [-0.05, 0) is 32.0 Å². The van der Waals surface area contributed by atoms with Crippen LogP contribution in [-0.4, -0.2) is 11.4 Å². The molecule has 0 unspecified atom stereocenters. The highest BCUT2D eigenvalue weighted by Gasteiger charge is 2.20. The molecule has 0 radical (unpaired) electrons. The van der Waals surface area contributed by atoms with Crippen LogP contribution in [0.1, 0.15) is 24.2 Å². The zero-order valence-electron chi connectivity index (χ0n) is 8.84. The van der Waals surface area contributed by atoms with Crippen molar-refractivity contribution >= 4 is 21.8 Å². The lowest BCUT2D eigenvalue weighted by molar-refractivity contribution is 0.0928. The van der Waals surface area contributed by atoms with Crippen molar-refractivity contribution in [2.75, 3.05) is 0 Å². The summed E-state index contributed by atoms with van der Waals surface area (Å²) in [6, 6.07) is 5.80. The van der Waals surface area contributed by atoms with Crippen LogP contribution in [0.4, 0.5) is 4.39 Å². The third-order valence-corrected chi connectivity index (χ3v) is 2.29. The fraction of sp³-hybridized carbons (Fsp3) is 0.273. The highest BCUT2D eigenvalue weighted by molar-refractivity contribution is 9.10. The largest absolute Gasteiger partial charge is 0.334 e. The van der Waals surface area contributed by atoms with Gasteiger partial charge in [0.25, 0.3) is 5.91 Å². The first kappa shape index (κ1) is 12.7. The summed E-state index contributed by atoms with van der Waals surface area (Å²) in [6.45, 7) is 3.14. The maximum atomic E-state index is 13.0. The molecular formula is C11H10BrFN2O. The summed E-state index contributed by atoms with van der Waals surface area (Å²) < 4.78 is 13.5. The van der Waals surface area contributed by atoms with Crippen LogP contribution in [0.15, 0.2) is 22.7 Å². The highest BCUT2D eigenvalue weighted by atomic mass is 79.9. The quantitative estimate of drug-likeness (QED) is 0.908. The molecule has 0 heterocycles. The molecule has 0 spiro atoms. The summed E-state index contributed by atoms with van der Waals surface area (Å²) in [4.78, 5) is 11.7. The standard InChI is InChI=1S/C11H10BrFN2O/c1-11(2,6-14)15-10(16)7-3-8(12)5-9(13)4-7/h3-5H,1-2H3,(H,15,16). The Balaban J connectivity index is 2.94. The minimum absolute atomic E-state index is 0.176.